The van der Waals surface area contributed by atoms with Crippen molar-refractivity contribution < 1.29 is 9.47 Å². The Morgan fingerprint density at radius 3 is 2.92 bits per heavy atom. The number of hydrogen-bond acceptors (Lipinski definition) is 4. The summed E-state index contributed by atoms with van der Waals surface area (Å²) in [6.45, 7) is 3.30. The SMILES string of the molecule is C[C@@H](Cc1ccc2c(c1)OCO2)c1nccn1Cc1cccnc1. The van der Waals surface area contributed by atoms with Crippen molar-refractivity contribution in [3.8, 4) is 11.5 Å². The van der Waals surface area contributed by atoms with Crippen LogP contribution in [0.4, 0.5) is 0 Å². The largest absolute Gasteiger partial charge is 0.454 e. The van der Waals surface area contributed by atoms with Gasteiger partial charge in [-0.1, -0.05) is 19.1 Å². The van der Waals surface area contributed by atoms with Crippen LogP contribution in [0.5, 0.6) is 11.5 Å². The zero-order chi connectivity index (χ0) is 16.4. The van der Waals surface area contributed by atoms with Crippen molar-refractivity contribution in [1.82, 2.24) is 14.5 Å². The molecule has 0 unspecified atom stereocenters. The van der Waals surface area contributed by atoms with Crippen LogP contribution in [-0.4, -0.2) is 21.3 Å². The zero-order valence-corrected chi connectivity index (χ0v) is 13.6. The first kappa shape index (κ1) is 14.8. The molecule has 1 aromatic carbocycles. The summed E-state index contributed by atoms with van der Waals surface area (Å²) in [5, 5.41) is 0. The number of fused-ring (bicyclic) bond motifs is 1. The van der Waals surface area contributed by atoms with E-state index in [9.17, 15) is 0 Å². The molecule has 0 amide bonds. The van der Waals surface area contributed by atoms with E-state index < -0.39 is 0 Å². The van der Waals surface area contributed by atoms with E-state index in [-0.39, 0.29) is 0 Å². The molecule has 5 nitrogen and oxygen atoms in total. The highest BCUT2D eigenvalue weighted by Crippen LogP contribution is 2.33. The molecule has 5 heteroatoms. The van der Waals surface area contributed by atoms with Crippen LogP contribution in [0.2, 0.25) is 0 Å². The van der Waals surface area contributed by atoms with Gasteiger partial charge in [-0.25, -0.2) is 4.98 Å². The van der Waals surface area contributed by atoms with Crippen LogP contribution in [0.15, 0.2) is 55.1 Å². The molecule has 3 aromatic rings. The lowest BCUT2D eigenvalue weighted by molar-refractivity contribution is 0.174. The average Bonchev–Trinajstić information content (AvgIpc) is 3.24. The van der Waals surface area contributed by atoms with Gasteiger partial charge in [0.2, 0.25) is 6.79 Å². The highest BCUT2D eigenvalue weighted by Gasteiger charge is 2.17. The minimum absolute atomic E-state index is 0.303. The Kier molecular flexibility index (Phi) is 3.91. The molecule has 122 valence electrons. The summed E-state index contributed by atoms with van der Waals surface area (Å²) >= 11 is 0. The van der Waals surface area contributed by atoms with Gasteiger partial charge < -0.3 is 14.0 Å². The van der Waals surface area contributed by atoms with E-state index in [4.69, 9.17) is 9.47 Å². The Morgan fingerprint density at radius 1 is 1.12 bits per heavy atom. The van der Waals surface area contributed by atoms with Gasteiger partial charge in [-0.05, 0) is 35.7 Å². The van der Waals surface area contributed by atoms with Gasteiger partial charge in [-0.2, -0.15) is 0 Å². The predicted octanol–water partition coefficient (Wildman–Crippen LogP) is 3.40. The molecule has 2 aromatic heterocycles. The molecule has 0 N–H and O–H groups in total. The third-order valence-corrected chi connectivity index (χ3v) is 4.24. The van der Waals surface area contributed by atoms with E-state index in [1.54, 1.807) is 6.20 Å². The van der Waals surface area contributed by atoms with Gasteiger partial charge in [0.05, 0.1) is 6.54 Å². The standard InChI is InChI=1S/C19H19N3O2/c1-14(9-15-4-5-17-18(10-15)24-13-23-17)19-21-7-8-22(19)12-16-3-2-6-20-11-16/h2-8,10-11,14H,9,12-13H2,1H3/t14-/m0/s1. The van der Waals surface area contributed by atoms with Crippen molar-refractivity contribution in [1.29, 1.82) is 0 Å². The summed E-state index contributed by atoms with van der Waals surface area (Å²) in [7, 11) is 0. The number of imidazole rings is 1. The third kappa shape index (κ3) is 2.97. The number of nitrogens with zero attached hydrogens (tertiary/aromatic N) is 3. The van der Waals surface area contributed by atoms with Crippen LogP contribution in [0.1, 0.15) is 29.8 Å². The van der Waals surface area contributed by atoms with Crippen LogP contribution < -0.4 is 9.47 Å². The van der Waals surface area contributed by atoms with E-state index in [0.717, 1.165) is 30.3 Å². The summed E-state index contributed by atoms with van der Waals surface area (Å²) < 4.78 is 13.0. The molecule has 1 atom stereocenters. The van der Waals surface area contributed by atoms with Crippen LogP contribution in [0.25, 0.3) is 0 Å². The van der Waals surface area contributed by atoms with Crippen molar-refractivity contribution in [2.75, 3.05) is 6.79 Å². The van der Waals surface area contributed by atoms with Crippen LogP contribution in [-0.2, 0) is 13.0 Å². The number of hydrogen-bond donors (Lipinski definition) is 0. The lowest BCUT2D eigenvalue weighted by Crippen LogP contribution is -2.09. The first-order chi connectivity index (χ1) is 11.8. The Hall–Kier alpha value is -2.82. The molecule has 3 heterocycles. The van der Waals surface area contributed by atoms with Gasteiger partial charge in [0, 0.05) is 30.7 Å². The molecular formula is C19H19N3O2. The lowest BCUT2D eigenvalue weighted by Gasteiger charge is -2.14. The fourth-order valence-electron chi connectivity index (χ4n) is 3.09. The minimum atomic E-state index is 0.303. The van der Waals surface area contributed by atoms with Crippen molar-refractivity contribution >= 4 is 0 Å². The fourth-order valence-corrected chi connectivity index (χ4v) is 3.09. The summed E-state index contributed by atoms with van der Waals surface area (Å²) in [5.41, 5.74) is 2.40. The van der Waals surface area contributed by atoms with Crippen LogP contribution >= 0.6 is 0 Å². The molecule has 0 aliphatic carbocycles. The van der Waals surface area contributed by atoms with Gasteiger partial charge >= 0.3 is 0 Å². The highest BCUT2D eigenvalue weighted by atomic mass is 16.7. The number of ether oxygens (including phenoxy) is 2. The van der Waals surface area contributed by atoms with Crippen molar-refractivity contribution in [2.24, 2.45) is 0 Å². The Balaban J connectivity index is 1.51. The molecular weight excluding hydrogens is 302 g/mol. The normalized spacial score (nSPS) is 13.9. The zero-order valence-electron chi connectivity index (χ0n) is 13.6. The van der Waals surface area contributed by atoms with Crippen molar-refractivity contribution in [2.45, 2.75) is 25.8 Å². The fraction of sp³-hybridized carbons (Fsp3) is 0.263. The maximum Gasteiger partial charge on any atom is 0.231 e. The second-order valence-corrected chi connectivity index (χ2v) is 6.07. The number of pyridine rings is 1. The lowest BCUT2D eigenvalue weighted by atomic mass is 10.00. The maximum atomic E-state index is 5.46. The summed E-state index contributed by atoms with van der Waals surface area (Å²) in [6, 6.07) is 10.2. The van der Waals surface area contributed by atoms with E-state index in [1.165, 1.54) is 11.1 Å². The summed E-state index contributed by atoms with van der Waals surface area (Å²) in [5.74, 6) is 3.04. The molecule has 0 fully saturated rings. The average molecular weight is 321 g/mol. The Bertz CT molecular complexity index is 830. The predicted molar refractivity (Wildman–Crippen MR) is 90.3 cm³/mol. The van der Waals surface area contributed by atoms with E-state index >= 15 is 0 Å². The van der Waals surface area contributed by atoms with E-state index in [0.29, 0.717) is 12.7 Å². The Labute approximate surface area is 140 Å². The molecule has 0 radical (unpaired) electrons. The van der Waals surface area contributed by atoms with Gasteiger partial charge in [0.15, 0.2) is 11.5 Å². The van der Waals surface area contributed by atoms with Crippen molar-refractivity contribution in [3.05, 3.63) is 72.1 Å². The number of rotatable bonds is 5. The molecule has 24 heavy (non-hydrogen) atoms. The maximum absolute atomic E-state index is 5.46. The highest BCUT2D eigenvalue weighted by molar-refractivity contribution is 5.44. The quantitative estimate of drug-likeness (QED) is 0.722. The topological polar surface area (TPSA) is 49.2 Å². The third-order valence-electron chi connectivity index (χ3n) is 4.24. The molecule has 1 aliphatic heterocycles. The number of aromatic nitrogens is 3. The molecule has 0 bridgehead atoms. The molecule has 4 rings (SSSR count). The second-order valence-electron chi connectivity index (χ2n) is 6.07. The van der Waals surface area contributed by atoms with Gasteiger partial charge in [0.25, 0.3) is 0 Å². The van der Waals surface area contributed by atoms with Crippen molar-refractivity contribution in [3.63, 3.8) is 0 Å². The summed E-state index contributed by atoms with van der Waals surface area (Å²) in [4.78, 5) is 8.75. The monoisotopic (exact) mass is 321 g/mol. The molecule has 0 saturated carbocycles. The summed E-state index contributed by atoms with van der Waals surface area (Å²) in [6.07, 6.45) is 8.48. The minimum Gasteiger partial charge on any atom is -0.454 e. The van der Waals surface area contributed by atoms with Gasteiger partial charge in [0.1, 0.15) is 5.82 Å². The van der Waals surface area contributed by atoms with Crippen LogP contribution in [0, 0.1) is 0 Å². The molecule has 0 spiro atoms. The smallest absolute Gasteiger partial charge is 0.231 e. The van der Waals surface area contributed by atoms with Crippen LogP contribution in [0.3, 0.4) is 0 Å². The first-order valence-corrected chi connectivity index (χ1v) is 8.08. The Morgan fingerprint density at radius 2 is 2.04 bits per heavy atom. The number of benzene rings is 1. The van der Waals surface area contributed by atoms with Gasteiger partial charge in [-0.15, -0.1) is 0 Å². The first-order valence-electron chi connectivity index (χ1n) is 8.08. The molecule has 0 saturated heterocycles. The van der Waals surface area contributed by atoms with E-state index in [1.807, 2.05) is 30.7 Å². The van der Waals surface area contributed by atoms with E-state index in [2.05, 4.69) is 39.7 Å². The molecule has 1 aliphatic rings. The van der Waals surface area contributed by atoms with Gasteiger partial charge in [-0.3, -0.25) is 4.98 Å². The second kappa shape index (κ2) is 6.35.